The minimum absolute atomic E-state index is 0.0225. The zero-order valence-electron chi connectivity index (χ0n) is 12.5. The zero-order chi connectivity index (χ0) is 16.7. The Morgan fingerprint density at radius 1 is 1.36 bits per heavy atom. The van der Waals surface area contributed by atoms with Gasteiger partial charge >= 0.3 is 0 Å². The quantitative estimate of drug-likeness (QED) is 0.614. The molecule has 0 amide bonds. The molecule has 1 aromatic heterocycles. The first-order chi connectivity index (χ1) is 10.1. The molecule has 0 aliphatic heterocycles. The van der Waals surface area contributed by atoms with Crippen LogP contribution in [0.25, 0.3) is 11.4 Å². The fourth-order valence-corrected chi connectivity index (χ4v) is 2.52. The van der Waals surface area contributed by atoms with Gasteiger partial charge in [0.1, 0.15) is 11.5 Å². The van der Waals surface area contributed by atoms with E-state index in [9.17, 15) is 18.5 Å². The van der Waals surface area contributed by atoms with Gasteiger partial charge in [0.25, 0.3) is 5.69 Å². The highest BCUT2D eigenvalue weighted by Gasteiger charge is 2.24. The number of benzene rings is 1. The van der Waals surface area contributed by atoms with Gasteiger partial charge in [0.05, 0.1) is 11.2 Å². The molecule has 1 heterocycles. The minimum Gasteiger partial charge on any atom is -0.267 e. The summed E-state index contributed by atoms with van der Waals surface area (Å²) in [5.74, 6) is 1.05. The fraction of sp³-hybridized carbons (Fsp3) is 0.333. The van der Waals surface area contributed by atoms with Gasteiger partial charge in [0, 0.05) is 25.7 Å². The highest BCUT2D eigenvalue weighted by Crippen LogP contribution is 2.33. The van der Waals surface area contributed by atoms with E-state index >= 15 is 0 Å². The van der Waals surface area contributed by atoms with E-state index in [4.69, 9.17) is 0 Å². The molecule has 118 valence electrons. The summed E-state index contributed by atoms with van der Waals surface area (Å²) in [6, 6.07) is 4.19. The van der Waals surface area contributed by atoms with E-state index in [1.54, 1.807) is 14.0 Å². The third-order valence-corrected chi connectivity index (χ3v) is 4.33. The van der Waals surface area contributed by atoms with E-state index in [-0.39, 0.29) is 11.4 Å². The molecule has 2 aromatic rings. The summed E-state index contributed by atoms with van der Waals surface area (Å²) in [5, 5.41) is 15.2. The molecule has 9 nitrogen and oxygen atoms in total. The van der Waals surface area contributed by atoms with Crippen molar-refractivity contribution in [3.05, 3.63) is 34.1 Å². The first-order valence-corrected chi connectivity index (χ1v) is 8.06. The Morgan fingerprint density at radius 2 is 2.00 bits per heavy atom. The Morgan fingerprint density at radius 3 is 2.45 bits per heavy atom. The first-order valence-electron chi connectivity index (χ1n) is 6.21. The van der Waals surface area contributed by atoms with Gasteiger partial charge in [-0.3, -0.25) is 14.4 Å². The van der Waals surface area contributed by atoms with Gasteiger partial charge in [-0.15, -0.1) is 0 Å². The number of sulfonamides is 1. The first kappa shape index (κ1) is 15.9. The van der Waals surface area contributed by atoms with Crippen LogP contribution in [0.3, 0.4) is 0 Å². The summed E-state index contributed by atoms with van der Waals surface area (Å²) >= 11 is 0. The Kier molecular flexibility index (Phi) is 3.88. The molecule has 0 N–H and O–H groups in total. The predicted molar refractivity (Wildman–Crippen MR) is 81.1 cm³/mol. The molecule has 0 fully saturated rings. The van der Waals surface area contributed by atoms with E-state index in [2.05, 4.69) is 10.1 Å². The van der Waals surface area contributed by atoms with Crippen molar-refractivity contribution in [3.63, 3.8) is 0 Å². The number of aryl methyl sites for hydroxylation is 2. The van der Waals surface area contributed by atoms with E-state index in [1.165, 1.54) is 29.9 Å². The lowest BCUT2D eigenvalue weighted by Gasteiger charge is -2.17. The molecule has 2 rings (SSSR count). The van der Waals surface area contributed by atoms with Gasteiger partial charge in [-0.05, 0) is 19.1 Å². The van der Waals surface area contributed by atoms with Crippen LogP contribution in [-0.2, 0) is 17.1 Å². The number of rotatable bonds is 4. The molecule has 22 heavy (non-hydrogen) atoms. The van der Waals surface area contributed by atoms with E-state index < -0.39 is 14.9 Å². The van der Waals surface area contributed by atoms with Crippen LogP contribution < -0.4 is 4.31 Å². The summed E-state index contributed by atoms with van der Waals surface area (Å²) in [6.45, 7) is 1.72. The number of nitro benzene ring substituents is 1. The second kappa shape index (κ2) is 5.37. The second-order valence-electron chi connectivity index (χ2n) is 4.80. The molecule has 0 spiro atoms. The molecule has 0 unspecified atom stereocenters. The maximum absolute atomic E-state index is 11.7. The van der Waals surface area contributed by atoms with Crippen molar-refractivity contribution in [1.82, 2.24) is 14.8 Å². The van der Waals surface area contributed by atoms with Crippen molar-refractivity contribution >= 4 is 21.4 Å². The van der Waals surface area contributed by atoms with Crippen LogP contribution in [-0.4, -0.2) is 41.4 Å². The van der Waals surface area contributed by atoms with Gasteiger partial charge in [-0.25, -0.2) is 18.1 Å². The third kappa shape index (κ3) is 2.91. The summed E-state index contributed by atoms with van der Waals surface area (Å²) in [6.07, 6.45) is 0.982. The van der Waals surface area contributed by atoms with Crippen LogP contribution in [0.1, 0.15) is 5.82 Å². The van der Waals surface area contributed by atoms with Crippen LogP contribution in [0.2, 0.25) is 0 Å². The Hall–Kier alpha value is -2.49. The SMILES string of the molecule is Cc1nc(-c2ccc([N+](=O)[O-])c(N(C)S(C)(=O)=O)c2)n(C)n1. The number of aromatic nitrogens is 3. The molecule has 0 radical (unpaired) electrons. The van der Waals surface area contributed by atoms with Gasteiger partial charge < -0.3 is 0 Å². The van der Waals surface area contributed by atoms with E-state index in [0.29, 0.717) is 17.2 Å². The Balaban J connectivity index is 2.67. The van der Waals surface area contributed by atoms with E-state index in [0.717, 1.165) is 10.6 Å². The second-order valence-corrected chi connectivity index (χ2v) is 6.81. The van der Waals surface area contributed by atoms with E-state index in [1.807, 2.05) is 0 Å². The van der Waals surface area contributed by atoms with Crippen LogP contribution >= 0.6 is 0 Å². The zero-order valence-corrected chi connectivity index (χ0v) is 13.3. The molecule has 1 aromatic carbocycles. The van der Waals surface area contributed by atoms with Crippen LogP contribution in [0.5, 0.6) is 0 Å². The lowest BCUT2D eigenvalue weighted by atomic mass is 10.1. The topological polar surface area (TPSA) is 111 Å². The summed E-state index contributed by atoms with van der Waals surface area (Å²) in [7, 11) is -0.671. The van der Waals surface area contributed by atoms with Gasteiger partial charge in [0.2, 0.25) is 10.0 Å². The normalized spacial score (nSPS) is 11.5. The molecule has 0 aliphatic rings. The molecule has 0 atom stereocenters. The molecule has 0 saturated heterocycles. The number of anilines is 1. The third-order valence-electron chi connectivity index (χ3n) is 3.14. The lowest BCUT2D eigenvalue weighted by Crippen LogP contribution is -2.25. The lowest BCUT2D eigenvalue weighted by molar-refractivity contribution is -0.384. The molecule has 0 aliphatic carbocycles. The molecular formula is C12H15N5O4S. The summed E-state index contributed by atoms with van der Waals surface area (Å²) < 4.78 is 25.8. The Bertz CT molecular complexity index is 843. The van der Waals surface area contributed by atoms with Crippen LogP contribution in [0, 0.1) is 17.0 Å². The number of hydrogen-bond donors (Lipinski definition) is 0. The van der Waals surface area contributed by atoms with Crippen molar-refractivity contribution in [1.29, 1.82) is 0 Å². The average Bonchev–Trinajstić information content (AvgIpc) is 2.75. The number of nitrogens with zero attached hydrogens (tertiary/aromatic N) is 5. The largest absolute Gasteiger partial charge is 0.293 e. The maximum Gasteiger partial charge on any atom is 0.293 e. The molecule has 10 heteroatoms. The molecule has 0 bridgehead atoms. The summed E-state index contributed by atoms with van der Waals surface area (Å²) in [4.78, 5) is 14.7. The van der Waals surface area contributed by atoms with Gasteiger partial charge in [-0.2, -0.15) is 5.10 Å². The Labute approximate surface area is 127 Å². The standard InChI is InChI=1S/C12H15N5O4S/c1-8-13-12(15(2)14-8)9-5-6-10(17(18)19)11(7-9)16(3)22(4,20)21/h5-7H,1-4H3. The fourth-order valence-electron chi connectivity index (χ4n) is 2.01. The van der Waals surface area contributed by atoms with Crippen LogP contribution in [0.4, 0.5) is 11.4 Å². The van der Waals surface area contributed by atoms with Gasteiger partial charge in [-0.1, -0.05) is 0 Å². The van der Waals surface area contributed by atoms with Crippen molar-refractivity contribution in [3.8, 4) is 11.4 Å². The van der Waals surface area contributed by atoms with Crippen molar-refractivity contribution in [2.45, 2.75) is 6.92 Å². The van der Waals surface area contributed by atoms with Crippen LogP contribution in [0.15, 0.2) is 18.2 Å². The van der Waals surface area contributed by atoms with Crippen molar-refractivity contribution in [2.24, 2.45) is 7.05 Å². The molecular weight excluding hydrogens is 310 g/mol. The summed E-state index contributed by atoms with van der Waals surface area (Å²) in [5.41, 5.74) is 0.223. The van der Waals surface area contributed by atoms with Crippen molar-refractivity contribution in [2.75, 3.05) is 17.6 Å². The number of hydrogen-bond acceptors (Lipinski definition) is 6. The van der Waals surface area contributed by atoms with Gasteiger partial charge in [0.15, 0.2) is 5.82 Å². The highest BCUT2D eigenvalue weighted by molar-refractivity contribution is 7.92. The number of nitro groups is 1. The molecule has 0 saturated carbocycles. The highest BCUT2D eigenvalue weighted by atomic mass is 32.2. The monoisotopic (exact) mass is 325 g/mol. The average molecular weight is 325 g/mol. The smallest absolute Gasteiger partial charge is 0.267 e. The maximum atomic E-state index is 11.7. The van der Waals surface area contributed by atoms with Crippen molar-refractivity contribution < 1.29 is 13.3 Å². The predicted octanol–water partition coefficient (Wildman–Crippen LogP) is 1.09. The minimum atomic E-state index is -3.63.